The van der Waals surface area contributed by atoms with E-state index in [2.05, 4.69) is 10.6 Å². The third-order valence-electron chi connectivity index (χ3n) is 2.58. The highest BCUT2D eigenvalue weighted by Crippen LogP contribution is 2.17. The molecule has 2 N–H and O–H groups in total. The van der Waals surface area contributed by atoms with Gasteiger partial charge in [0.2, 0.25) is 11.8 Å². The number of carbonyl (C=O) groups excluding carboxylic acids is 2. The SMILES string of the molecule is CC(C)NC(=O)CNC(=O)C(C)SCc1ccccc1. The minimum absolute atomic E-state index is 0.0350. The summed E-state index contributed by atoms with van der Waals surface area (Å²) in [4.78, 5) is 23.3. The van der Waals surface area contributed by atoms with E-state index in [-0.39, 0.29) is 29.7 Å². The monoisotopic (exact) mass is 294 g/mol. The molecule has 0 spiro atoms. The van der Waals surface area contributed by atoms with Gasteiger partial charge in [-0.2, -0.15) is 0 Å². The molecule has 0 fully saturated rings. The molecule has 0 aliphatic heterocycles. The normalized spacial score (nSPS) is 12.0. The van der Waals surface area contributed by atoms with Gasteiger partial charge in [-0.3, -0.25) is 9.59 Å². The smallest absolute Gasteiger partial charge is 0.239 e. The lowest BCUT2D eigenvalue weighted by molar-refractivity contribution is -0.125. The second-order valence-electron chi connectivity index (χ2n) is 4.88. The number of hydrogen-bond donors (Lipinski definition) is 2. The third-order valence-corrected chi connectivity index (χ3v) is 3.80. The Morgan fingerprint density at radius 2 is 1.80 bits per heavy atom. The van der Waals surface area contributed by atoms with Crippen LogP contribution in [0.4, 0.5) is 0 Å². The Hall–Kier alpha value is -1.49. The zero-order valence-electron chi connectivity index (χ0n) is 12.2. The van der Waals surface area contributed by atoms with Crippen LogP contribution in [-0.2, 0) is 15.3 Å². The van der Waals surface area contributed by atoms with Crippen LogP contribution in [-0.4, -0.2) is 29.7 Å². The molecule has 0 aromatic heterocycles. The summed E-state index contributed by atoms with van der Waals surface area (Å²) in [6.45, 7) is 5.66. The highest BCUT2D eigenvalue weighted by molar-refractivity contribution is 7.99. The molecular formula is C15H22N2O2S. The van der Waals surface area contributed by atoms with E-state index < -0.39 is 0 Å². The maximum atomic E-state index is 11.8. The summed E-state index contributed by atoms with van der Waals surface area (Å²) < 4.78 is 0. The van der Waals surface area contributed by atoms with Gasteiger partial charge in [0.05, 0.1) is 11.8 Å². The minimum Gasteiger partial charge on any atom is -0.352 e. The molecule has 0 saturated carbocycles. The van der Waals surface area contributed by atoms with Crippen molar-refractivity contribution in [2.24, 2.45) is 0 Å². The van der Waals surface area contributed by atoms with Gasteiger partial charge >= 0.3 is 0 Å². The molecule has 110 valence electrons. The van der Waals surface area contributed by atoms with Gasteiger partial charge in [0, 0.05) is 11.8 Å². The minimum atomic E-state index is -0.179. The van der Waals surface area contributed by atoms with Crippen LogP contribution in [0.2, 0.25) is 0 Å². The van der Waals surface area contributed by atoms with Crippen molar-refractivity contribution < 1.29 is 9.59 Å². The highest BCUT2D eigenvalue weighted by Gasteiger charge is 2.14. The largest absolute Gasteiger partial charge is 0.352 e. The number of amides is 2. The molecule has 20 heavy (non-hydrogen) atoms. The summed E-state index contributed by atoms with van der Waals surface area (Å²) in [6, 6.07) is 10.1. The fourth-order valence-corrected chi connectivity index (χ4v) is 2.42. The molecule has 0 saturated heterocycles. The summed E-state index contributed by atoms with van der Waals surface area (Å²) in [7, 11) is 0. The zero-order valence-corrected chi connectivity index (χ0v) is 13.0. The molecule has 0 bridgehead atoms. The summed E-state index contributed by atoms with van der Waals surface area (Å²) in [6.07, 6.45) is 0. The van der Waals surface area contributed by atoms with Crippen LogP contribution in [0.15, 0.2) is 30.3 Å². The Labute approximate surface area is 124 Å². The Balaban J connectivity index is 2.27. The number of nitrogens with one attached hydrogen (secondary N) is 2. The first-order valence-electron chi connectivity index (χ1n) is 6.71. The zero-order chi connectivity index (χ0) is 15.0. The van der Waals surface area contributed by atoms with Crippen LogP contribution in [0, 0.1) is 0 Å². The van der Waals surface area contributed by atoms with Gasteiger partial charge < -0.3 is 10.6 Å². The van der Waals surface area contributed by atoms with Crippen molar-refractivity contribution in [3.05, 3.63) is 35.9 Å². The molecule has 1 atom stereocenters. The van der Waals surface area contributed by atoms with E-state index in [0.717, 1.165) is 5.75 Å². The fourth-order valence-electron chi connectivity index (χ4n) is 1.56. The van der Waals surface area contributed by atoms with Gasteiger partial charge in [0.25, 0.3) is 0 Å². The fraction of sp³-hybridized carbons (Fsp3) is 0.467. The number of rotatable bonds is 7. The first kappa shape index (κ1) is 16.6. The van der Waals surface area contributed by atoms with Gasteiger partial charge in [-0.1, -0.05) is 30.3 Å². The molecule has 0 aliphatic rings. The van der Waals surface area contributed by atoms with E-state index in [0.29, 0.717) is 0 Å². The van der Waals surface area contributed by atoms with Gasteiger partial charge in [-0.15, -0.1) is 11.8 Å². The molecule has 1 aromatic rings. The molecular weight excluding hydrogens is 272 g/mol. The van der Waals surface area contributed by atoms with Crippen molar-refractivity contribution in [2.45, 2.75) is 37.8 Å². The first-order valence-corrected chi connectivity index (χ1v) is 7.76. The van der Waals surface area contributed by atoms with Crippen molar-refractivity contribution >= 4 is 23.6 Å². The molecule has 0 heterocycles. The molecule has 5 heteroatoms. The van der Waals surface area contributed by atoms with E-state index in [9.17, 15) is 9.59 Å². The van der Waals surface area contributed by atoms with Gasteiger partial charge in [0.15, 0.2) is 0 Å². The van der Waals surface area contributed by atoms with Crippen molar-refractivity contribution in [3.63, 3.8) is 0 Å². The lowest BCUT2D eigenvalue weighted by atomic mass is 10.2. The van der Waals surface area contributed by atoms with Gasteiger partial charge in [0.1, 0.15) is 0 Å². The van der Waals surface area contributed by atoms with Crippen LogP contribution in [0.3, 0.4) is 0 Å². The Kier molecular flexibility index (Phi) is 7.15. The van der Waals surface area contributed by atoms with Crippen LogP contribution >= 0.6 is 11.8 Å². The molecule has 1 unspecified atom stereocenters. The van der Waals surface area contributed by atoms with Crippen LogP contribution in [0.1, 0.15) is 26.3 Å². The van der Waals surface area contributed by atoms with E-state index in [4.69, 9.17) is 0 Å². The van der Waals surface area contributed by atoms with E-state index >= 15 is 0 Å². The van der Waals surface area contributed by atoms with Gasteiger partial charge in [-0.25, -0.2) is 0 Å². The van der Waals surface area contributed by atoms with Crippen molar-refractivity contribution in [1.82, 2.24) is 10.6 Å². The molecule has 4 nitrogen and oxygen atoms in total. The topological polar surface area (TPSA) is 58.2 Å². The Morgan fingerprint density at radius 3 is 2.40 bits per heavy atom. The van der Waals surface area contributed by atoms with Crippen LogP contribution in [0.5, 0.6) is 0 Å². The maximum absolute atomic E-state index is 11.8. The molecule has 1 rings (SSSR count). The Bertz CT molecular complexity index is 435. The van der Waals surface area contributed by atoms with Gasteiger partial charge in [-0.05, 0) is 26.3 Å². The predicted molar refractivity (Wildman–Crippen MR) is 83.5 cm³/mol. The van der Waals surface area contributed by atoms with E-state index in [1.165, 1.54) is 5.56 Å². The van der Waals surface area contributed by atoms with E-state index in [1.54, 1.807) is 11.8 Å². The first-order chi connectivity index (χ1) is 9.49. The highest BCUT2D eigenvalue weighted by atomic mass is 32.2. The second kappa shape index (κ2) is 8.64. The third kappa shape index (κ3) is 6.61. The number of benzene rings is 1. The quantitative estimate of drug-likeness (QED) is 0.808. The van der Waals surface area contributed by atoms with Crippen LogP contribution < -0.4 is 10.6 Å². The summed E-state index contributed by atoms with van der Waals surface area (Å²) in [5.41, 5.74) is 1.19. The summed E-state index contributed by atoms with van der Waals surface area (Å²) in [5.74, 6) is 0.520. The number of hydrogen-bond acceptors (Lipinski definition) is 3. The van der Waals surface area contributed by atoms with Crippen molar-refractivity contribution in [2.75, 3.05) is 6.54 Å². The lowest BCUT2D eigenvalue weighted by Gasteiger charge is -2.13. The summed E-state index contributed by atoms with van der Waals surface area (Å²) >= 11 is 1.56. The average molecular weight is 294 g/mol. The molecule has 0 radical (unpaired) electrons. The molecule has 2 amide bonds. The van der Waals surface area contributed by atoms with Crippen molar-refractivity contribution in [3.8, 4) is 0 Å². The average Bonchev–Trinajstić information content (AvgIpc) is 2.42. The number of carbonyl (C=O) groups is 2. The summed E-state index contributed by atoms with van der Waals surface area (Å²) in [5, 5.41) is 5.21. The van der Waals surface area contributed by atoms with Crippen LogP contribution in [0.25, 0.3) is 0 Å². The van der Waals surface area contributed by atoms with E-state index in [1.807, 2.05) is 51.1 Å². The standard InChI is InChI=1S/C15H22N2O2S/c1-11(2)17-14(18)9-16-15(19)12(3)20-10-13-7-5-4-6-8-13/h4-8,11-12H,9-10H2,1-3H3,(H,16,19)(H,17,18). The van der Waals surface area contributed by atoms with Crippen molar-refractivity contribution in [1.29, 1.82) is 0 Å². The number of thioether (sulfide) groups is 1. The lowest BCUT2D eigenvalue weighted by Crippen LogP contribution is -2.42. The predicted octanol–water partition coefficient (Wildman–Crippen LogP) is 1.95. The maximum Gasteiger partial charge on any atom is 0.239 e. The molecule has 0 aliphatic carbocycles. The Morgan fingerprint density at radius 1 is 1.15 bits per heavy atom. The molecule has 1 aromatic carbocycles. The second-order valence-corrected chi connectivity index (χ2v) is 6.21.